The molecule has 0 radical (unpaired) electrons. The third-order valence-corrected chi connectivity index (χ3v) is 6.25. The van der Waals surface area contributed by atoms with Gasteiger partial charge in [0.1, 0.15) is 5.75 Å². The Kier molecular flexibility index (Phi) is 8.25. The maximum atomic E-state index is 13.2. The normalized spacial score (nSPS) is 10.7. The summed E-state index contributed by atoms with van der Waals surface area (Å²) in [7, 11) is 0. The molecule has 6 nitrogen and oxygen atoms in total. The van der Waals surface area contributed by atoms with Crippen LogP contribution in [0.4, 0.5) is 5.13 Å². The largest absolute Gasteiger partial charge is 0.483 e. The van der Waals surface area contributed by atoms with Gasteiger partial charge in [0.15, 0.2) is 11.7 Å². The van der Waals surface area contributed by atoms with Crippen LogP contribution in [-0.2, 0) is 17.8 Å². The highest BCUT2D eigenvalue weighted by Crippen LogP contribution is 2.31. The number of hydrogen-bond acceptors (Lipinski definition) is 5. The number of hydrogen-bond donors (Lipinski definition) is 0. The Morgan fingerprint density at radius 1 is 1.19 bits per heavy atom. The molecule has 168 valence electrons. The van der Waals surface area contributed by atoms with Crippen LogP contribution in [-0.4, -0.2) is 33.6 Å². The number of carbonyl (C=O) groups excluding carboxylic acids is 1. The lowest BCUT2D eigenvalue weighted by Gasteiger charge is -2.20. The van der Waals surface area contributed by atoms with Crippen molar-refractivity contribution in [3.63, 3.8) is 0 Å². The van der Waals surface area contributed by atoms with Crippen LogP contribution in [0.1, 0.15) is 24.5 Å². The molecule has 1 amide bonds. The number of carbonyl (C=O) groups is 1. The van der Waals surface area contributed by atoms with Crippen molar-refractivity contribution in [2.24, 2.45) is 0 Å². The third kappa shape index (κ3) is 5.47. The predicted octanol–water partition coefficient (Wildman–Crippen LogP) is 5.29. The summed E-state index contributed by atoms with van der Waals surface area (Å²) in [6, 6.07) is 13.9. The molecule has 32 heavy (non-hydrogen) atoms. The molecule has 8 heteroatoms. The second-order valence-corrected chi connectivity index (χ2v) is 8.38. The first kappa shape index (κ1) is 23.8. The summed E-state index contributed by atoms with van der Waals surface area (Å²) in [6.45, 7) is 5.43. The summed E-state index contributed by atoms with van der Waals surface area (Å²) in [4.78, 5) is 23.9. The fourth-order valence-corrected chi connectivity index (χ4v) is 4.54. The monoisotopic (exact) mass is 470 g/mol. The minimum absolute atomic E-state index is 0. The zero-order chi connectivity index (χ0) is 21.6. The van der Waals surface area contributed by atoms with Crippen LogP contribution in [0.3, 0.4) is 0 Å². The number of fused-ring (bicyclic) bond motifs is 1. The summed E-state index contributed by atoms with van der Waals surface area (Å²) in [5.74, 6) is 0.637. The van der Waals surface area contributed by atoms with E-state index in [2.05, 4.69) is 30.1 Å². The fraction of sp³-hybridized carbons (Fsp3) is 0.292. The molecule has 0 N–H and O–H groups in total. The van der Waals surface area contributed by atoms with Gasteiger partial charge in [-0.15, -0.1) is 12.4 Å². The molecule has 0 aliphatic rings. The lowest BCUT2D eigenvalue weighted by molar-refractivity contribution is -0.120. The van der Waals surface area contributed by atoms with Crippen molar-refractivity contribution in [3.05, 3.63) is 72.3 Å². The number of nitrogens with zero attached hydrogens (tertiary/aromatic N) is 4. The third-order valence-electron chi connectivity index (χ3n) is 5.21. The van der Waals surface area contributed by atoms with Crippen molar-refractivity contribution in [3.8, 4) is 5.75 Å². The van der Waals surface area contributed by atoms with Gasteiger partial charge in [-0.05, 0) is 43.0 Å². The van der Waals surface area contributed by atoms with Gasteiger partial charge in [0.25, 0.3) is 5.91 Å². The molecule has 0 saturated carbocycles. The van der Waals surface area contributed by atoms with Crippen LogP contribution < -0.4 is 9.64 Å². The molecule has 2 aromatic heterocycles. The van der Waals surface area contributed by atoms with Crippen molar-refractivity contribution in [2.45, 2.75) is 33.2 Å². The molecule has 0 aliphatic carbocycles. The van der Waals surface area contributed by atoms with Crippen molar-refractivity contribution < 1.29 is 9.53 Å². The summed E-state index contributed by atoms with van der Waals surface area (Å²) in [5, 5.41) is 0.722. The Morgan fingerprint density at radius 3 is 2.78 bits per heavy atom. The number of aromatic nitrogens is 3. The summed E-state index contributed by atoms with van der Waals surface area (Å²) in [6.07, 6.45) is 7.19. The minimum Gasteiger partial charge on any atom is -0.483 e. The number of imidazole rings is 1. The zero-order valence-corrected chi connectivity index (χ0v) is 19.9. The maximum absolute atomic E-state index is 13.2. The van der Waals surface area contributed by atoms with Crippen LogP contribution in [0.15, 0.2) is 61.2 Å². The summed E-state index contributed by atoms with van der Waals surface area (Å²) >= 11 is 1.56. The molecular formula is C24H27ClN4O2S. The molecule has 0 aliphatic heterocycles. The number of rotatable bonds is 9. The molecule has 0 atom stereocenters. The molecule has 0 bridgehead atoms. The van der Waals surface area contributed by atoms with Crippen LogP contribution in [0, 0.1) is 6.92 Å². The SMILES string of the molecule is CCc1cccc2sc(N(CCCn3ccnc3)C(=O)COc3ccccc3C)nc12.Cl. The lowest BCUT2D eigenvalue weighted by atomic mass is 10.1. The van der Waals surface area contributed by atoms with E-state index in [4.69, 9.17) is 9.72 Å². The molecular weight excluding hydrogens is 444 g/mol. The fourth-order valence-electron chi connectivity index (χ4n) is 3.49. The van der Waals surface area contributed by atoms with Crippen LogP contribution in [0.2, 0.25) is 0 Å². The first-order valence-electron chi connectivity index (χ1n) is 10.5. The Bertz CT molecular complexity index is 1160. The molecule has 0 saturated heterocycles. The van der Waals surface area contributed by atoms with E-state index in [1.165, 1.54) is 5.56 Å². The van der Waals surface area contributed by atoms with E-state index in [0.717, 1.165) is 46.0 Å². The van der Waals surface area contributed by atoms with Crippen molar-refractivity contribution in [2.75, 3.05) is 18.1 Å². The van der Waals surface area contributed by atoms with Gasteiger partial charge < -0.3 is 9.30 Å². The molecule has 4 aromatic rings. The smallest absolute Gasteiger partial charge is 0.266 e. The molecule has 0 fully saturated rings. The van der Waals surface area contributed by atoms with E-state index in [1.54, 1.807) is 28.8 Å². The van der Waals surface area contributed by atoms with E-state index >= 15 is 0 Å². The van der Waals surface area contributed by atoms with Crippen LogP contribution >= 0.6 is 23.7 Å². The van der Waals surface area contributed by atoms with Gasteiger partial charge >= 0.3 is 0 Å². The molecule has 0 spiro atoms. The number of benzene rings is 2. The number of para-hydroxylation sites is 2. The topological polar surface area (TPSA) is 60.2 Å². The van der Waals surface area contributed by atoms with E-state index in [0.29, 0.717) is 6.54 Å². The highest BCUT2D eigenvalue weighted by atomic mass is 35.5. The van der Waals surface area contributed by atoms with E-state index in [-0.39, 0.29) is 24.9 Å². The van der Waals surface area contributed by atoms with Gasteiger partial charge in [0.2, 0.25) is 0 Å². The number of aryl methyl sites for hydroxylation is 3. The predicted molar refractivity (Wildman–Crippen MR) is 132 cm³/mol. The Hall–Kier alpha value is -2.90. The van der Waals surface area contributed by atoms with Gasteiger partial charge in [-0.2, -0.15) is 0 Å². The number of anilines is 1. The van der Waals surface area contributed by atoms with E-state index in [1.807, 2.05) is 42.0 Å². The van der Waals surface area contributed by atoms with Gasteiger partial charge in [0, 0.05) is 25.5 Å². The molecule has 2 heterocycles. The minimum atomic E-state index is -0.0917. The standard InChI is InChI=1S/C24H26N4O2S.ClH/c1-3-19-9-6-11-21-23(19)26-24(31-21)28(14-7-13-27-15-12-25-17-27)22(29)16-30-20-10-5-4-8-18(20)2;/h4-6,8-12,15,17H,3,7,13-14,16H2,1-2H3;1H. The second-order valence-electron chi connectivity index (χ2n) is 7.37. The van der Waals surface area contributed by atoms with Gasteiger partial charge in [0.05, 0.1) is 16.5 Å². The molecule has 4 rings (SSSR count). The first-order chi connectivity index (χ1) is 15.2. The number of ether oxygens (including phenoxy) is 1. The summed E-state index contributed by atoms with van der Waals surface area (Å²) in [5.41, 5.74) is 3.19. The van der Waals surface area contributed by atoms with Gasteiger partial charge in [-0.1, -0.05) is 48.6 Å². The van der Waals surface area contributed by atoms with Crippen LogP contribution in [0.25, 0.3) is 10.2 Å². The Labute approximate surface area is 198 Å². The average Bonchev–Trinajstić information content (AvgIpc) is 3.45. The van der Waals surface area contributed by atoms with Gasteiger partial charge in [-0.25, -0.2) is 9.97 Å². The summed E-state index contributed by atoms with van der Waals surface area (Å²) < 4.78 is 8.96. The highest BCUT2D eigenvalue weighted by molar-refractivity contribution is 7.22. The lowest BCUT2D eigenvalue weighted by Crippen LogP contribution is -2.36. The van der Waals surface area contributed by atoms with E-state index < -0.39 is 0 Å². The highest BCUT2D eigenvalue weighted by Gasteiger charge is 2.21. The zero-order valence-electron chi connectivity index (χ0n) is 18.2. The number of amides is 1. The van der Waals surface area contributed by atoms with E-state index in [9.17, 15) is 4.79 Å². The van der Waals surface area contributed by atoms with Crippen molar-refractivity contribution >= 4 is 45.0 Å². The second kappa shape index (κ2) is 11.1. The quantitative estimate of drug-likeness (QED) is 0.333. The van der Waals surface area contributed by atoms with Crippen molar-refractivity contribution in [1.29, 1.82) is 0 Å². The Morgan fingerprint density at radius 2 is 2.03 bits per heavy atom. The van der Waals surface area contributed by atoms with Crippen LogP contribution in [0.5, 0.6) is 5.75 Å². The maximum Gasteiger partial charge on any atom is 0.266 e. The first-order valence-corrected chi connectivity index (χ1v) is 11.3. The van der Waals surface area contributed by atoms with Crippen molar-refractivity contribution in [1.82, 2.24) is 14.5 Å². The number of halogens is 1. The molecule has 2 aromatic carbocycles. The van der Waals surface area contributed by atoms with Gasteiger partial charge in [-0.3, -0.25) is 9.69 Å². The number of thiazole rings is 1. The Balaban J connectivity index is 0.00000289. The average molecular weight is 471 g/mol. The molecule has 0 unspecified atom stereocenters.